The molecule has 0 spiro atoms. The summed E-state index contributed by atoms with van der Waals surface area (Å²) in [4.78, 5) is 15.2. The van der Waals surface area contributed by atoms with E-state index in [4.69, 9.17) is 0 Å². The predicted molar refractivity (Wildman–Crippen MR) is 68.4 cm³/mol. The van der Waals surface area contributed by atoms with E-state index in [0.717, 1.165) is 11.6 Å². The Bertz CT molecular complexity index is 644. The first-order valence-electron chi connectivity index (χ1n) is 6.21. The number of nitrogens with zero attached hydrogens (tertiary/aromatic N) is 2. The van der Waals surface area contributed by atoms with Crippen molar-refractivity contribution in [2.75, 3.05) is 12.4 Å². The smallest absolute Gasteiger partial charge is 0.360 e. The average molecular weight is 344 g/mol. The Morgan fingerprint density at radius 1 is 1.32 bits per heavy atom. The summed E-state index contributed by atoms with van der Waals surface area (Å²) in [7, 11) is -2.85. The van der Waals surface area contributed by atoms with Crippen molar-refractivity contribution >= 4 is 15.8 Å². The number of aromatic nitrogens is 2. The molecule has 0 N–H and O–H groups in total. The monoisotopic (exact) mass is 344 g/mol. The average Bonchev–Trinajstić information content (AvgIpc) is 2.77. The molecule has 1 unspecified atom stereocenters. The summed E-state index contributed by atoms with van der Waals surface area (Å²) >= 11 is 0. The minimum Gasteiger partial charge on any atom is -0.461 e. The third-order valence-electron chi connectivity index (χ3n) is 2.56. The van der Waals surface area contributed by atoms with Crippen LogP contribution >= 0.6 is 0 Å². The molecule has 0 aromatic carbocycles. The van der Waals surface area contributed by atoms with E-state index in [2.05, 4.69) is 14.5 Å². The molecule has 0 saturated heterocycles. The van der Waals surface area contributed by atoms with E-state index in [9.17, 15) is 26.4 Å². The van der Waals surface area contributed by atoms with Gasteiger partial charge in [-0.2, -0.15) is 9.37 Å². The molecule has 22 heavy (non-hydrogen) atoms. The van der Waals surface area contributed by atoms with Crippen LogP contribution < -0.4 is 4.74 Å². The highest BCUT2D eigenvalue weighted by atomic mass is 32.2. The second-order valence-electron chi connectivity index (χ2n) is 4.03. The molecule has 0 aliphatic carbocycles. The lowest BCUT2D eigenvalue weighted by atomic mass is 10.5. The van der Waals surface area contributed by atoms with E-state index in [1.165, 1.54) is 13.8 Å². The summed E-state index contributed by atoms with van der Waals surface area (Å²) in [6, 6.07) is -0.761. The fourth-order valence-electron chi connectivity index (χ4n) is 1.55. The van der Waals surface area contributed by atoms with Crippen molar-refractivity contribution in [1.29, 1.82) is 0 Å². The van der Waals surface area contributed by atoms with Crippen LogP contribution in [0.3, 0.4) is 0 Å². The molecule has 0 amide bonds. The van der Waals surface area contributed by atoms with E-state index < -0.39 is 45.3 Å². The predicted octanol–water partition coefficient (Wildman–Crippen LogP) is 1.33. The van der Waals surface area contributed by atoms with Crippen LogP contribution in [0, 0.1) is 0 Å². The van der Waals surface area contributed by atoms with Gasteiger partial charge in [0.05, 0.1) is 12.4 Å². The lowest BCUT2D eigenvalue weighted by Crippen LogP contribution is -2.21. The van der Waals surface area contributed by atoms with Gasteiger partial charge in [0.25, 0.3) is 0 Å². The van der Waals surface area contributed by atoms with Crippen molar-refractivity contribution in [2.45, 2.75) is 31.7 Å². The minimum absolute atomic E-state index is 0.0556. The molecule has 0 saturated carbocycles. The third-order valence-corrected chi connectivity index (χ3v) is 4.38. The van der Waals surface area contributed by atoms with Crippen LogP contribution in [-0.2, 0) is 21.6 Å². The number of imidazole rings is 1. The van der Waals surface area contributed by atoms with Gasteiger partial charge in [0.15, 0.2) is 20.6 Å². The molecule has 0 bridgehead atoms. The Hall–Kier alpha value is -1.78. The summed E-state index contributed by atoms with van der Waals surface area (Å²) in [6.07, 6.45) is -6.46. The maximum atomic E-state index is 13.0. The normalized spacial score (nSPS) is 13.2. The van der Waals surface area contributed by atoms with Crippen LogP contribution in [0.5, 0.6) is 6.01 Å². The Balaban J connectivity index is 3.40. The van der Waals surface area contributed by atoms with Gasteiger partial charge in [-0.3, -0.25) is 4.57 Å². The summed E-state index contributed by atoms with van der Waals surface area (Å²) in [5, 5.41) is -0.579. The molecule has 0 fully saturated rings. The van der Waals surface area contributed by atoms with E-state index in [1.54, 1.807) is 0 Å². The first kappa shape index (κ1) is 18.3. The van der Waals surface area contributed by atoms with Gasteiger partial charge in [0, 0.05) is 7.05 Å². The number of ether oxygens (including phenoxy) is 2. The standard InChI is InChI=1S/C11H15F3N2O5S/c1-4-20-10(17)6-9(22(18,19)5-2)16(3)11(15-6)21-8(14)7(12)13/h7-8H,4-5H2,1-3H3. The fourth-order valence-corrected chi connectivity index (χ4v) is 2.74. The molecule has 126 valence electrons. The fraction of sp³-hybridized carbons (Fsp3) is 0.636. The van der Waals surface area contributed by atoms with Crippen molar-refractivity contribution in [3.63, 3.8) is 0 Å². The maximum Gasteiger partial charge on any atom is 0.360 e. The van der Waals surface area contributed by atoms with Gasteiger partial charge < -0.3 is 9.47 Å². The topological polar surface area (TPSA) is 87.5 Å². The maximum absolute atomic E-state index is 13.0. The van der Waals surface area contributed by atoms with E-state index in [-0.39, 0.29) is 12.4 Å². The third kappa shape index (κ3) is 3.70. The van der Waals surface area contributed by atoms with E-state index >= 15 is 0 Å². The zero-order valence-electron chi connectivity index (χ0n) is 12.0. The lowest BCUT2D eigenvalue weighted by molar-refractivity contribution is -0.0728. The van der Waals surface area contributed by atoms with Crippen molar-refractivity contribution in [1.82, 2.24) is 9.55 Å². The SMILES string of the molecule is CCOC(=O)c1nc(OC(F)C(F)F)n(C)c1S(=O)(=O)CC. The molecule has 1 rings (SSSR count). The van der Waals surface area contributed by atoms with Crippen molar-refractivity contribution in [2.24, 2.45) is 7.05 Å². The summed E-state index contributed by atoms with van der Waals surface area (Å²) in [5.41, 5.74) is -0.636. The van der Waals surface area contributed by atoms with Crippen LogP contribution in [0.25, 0.3) is 0 Å². The van der Waals surface area contributed by atoms with Crippen molar-refractivity contribution < 1.29 is 35.9 Å². The van der Waals surface area contributed by atoms with Gasteiger partial charge in [-0.15, -0.1) is 0 Å². The Morgan fingerprint density at radius 2 is 1.91 bits per heavy atom. The zero-order valence-corrected chi connectivity index (χ0v) is 12.9. The number of hydrogen-bond donors (Lipinski definition) is 0. The Kier molecular flexibility index (Phi) is 5.80. The van der Waals surface area contributed by atoms with E-state index in [1.807, 2.05) is 0 Å². The van der Waals surface area contributed by atoms with Gasteiger partial charge >= 0.3 is 24.8 Å². The Labute approximate surface area is 125 Å². The quantitative estimate of drug-likeness (QED) is 0.694. The molecular formula is C11H15F3N2O5S. The highest BCUT2D eigenvalue weighted by Crippen LogP contribution is 2.25. The number of alkyl halides is 3. The molecular weight excluding hydrogens is 329 g/mol. The zero-order chi connectivity index (χ0) is 17.1. The molecule has 0 aliphatic heterocycles. The summed E-state index contributed by atoms with van der Waals surface area (Å²) < 4.78 is 71.0. The molecule has 1 aromatic rings. The highest BCUT2D eigenvalue weighted by Gasteiger charge is 2.33. The lowest BCUT2D eigenvalue weighted by Gasteiger charge is -2.10. The minimum atomic E-state index is -3.95. The number of hydrogen-bond acceptors (Lipinski definition) is 6. The van der Waals surface area contributed by atoms with Gasteiger partial charge in [-0.05, 0) is 6.92 Å². The largest absolute Gasteiger partial charge is 0.461 e. The van der Waals surface area contributed by atoms with Gasteiger partial charge in [-0.1, -0.05) is 6.92 Å². The molecule has 1 atom stereocenters. The number of halogens is 3. The Morgan fingerprint density at radius 3 is 2.36 bits per heavy atom. The van der Waals surface area contributed by atoms with Crippen LogP contribution in [0.1, 0.15) is 24.3 Å². The van der Waals surface area contributed by atoms with Crippen LogP contribution in [0.15, 0.2) is 5.03 Å². The first-order valence-corrected chi connectivity index (χ1v) is 7.86. The molecule has 1 heterocycles. The van der Waals surface area contributed by atoms with Crippen molar-refractivity contribution in [3.05, 3.63) is 5.69 Å². The second kappa shape index (κ2) is 6.99. The molecule has 7 nitrogen and oxygen atoms in total. The number of esters is 1. The molecule has 1 aromatic heterocycles. The highest BCUT2D eigenvalue weighted by molar-refractivity contribution is 7.91. The number of rotatable bonds is 7. The van der Waals surface area contributed by atoms with Crippen LogP contribution in [0.2, 0.25) is 0 Å². The van der Waals surface area contributed by atoms with Crippen molar-refractivity contribution in [3.8, 4) is 6.01 Å². The van der Waals surface area contributed by atoms with Gasteiger partial charge in [-0.25, -0.2) is 22.0 Å². The number of carbonyl (C=O) groups is 1. The first-order chi connectivity index (χ1) is 10.2. The summed E-state index contributed by atoms with van der Waals surface area (Å²) in [6.45, 7) is 2.75. The van der Waals surface area contributed by atoms with E-state index in [0.29, 0.717) is 0 Å². The number of carbonyl (C=O) groups excluding carboxylic acids is 1. The van der Waals surface area contributed by atoms with Crippen LogP contribution in [0.4, 0.5) is 13.2 Å². The summed E-state index contributed by atoms with van der Waals surface area (Å²) in [5.74, 6) is -1.46. The van der Waals surface area contributed by atoms with Crippen LogP contribution in [-0.4, -0.2) is 49.1 Å². The second-order valence-corrected chi connectivity index (χ2v) is 6.23. The molecule has 0 radical (unpaired) electrons. The number of sulfone groups is 1. The van der Waals surface area contributed by atoms with Gasteiger partial charge in [0.1, 0.15) is 0 Å². The van der Waals surface area contributed by atoms with Gasteiger partial charge in [0.2, 0.25) is 0 Å². The molecule has 11 heteroatoms. The molecule has 0 aliphatic rings.